The number of hydrogen-bond donors (Lipinski definition) is 1. The Hall–Kier alpha value is -0.730. The lowest BCUT2D eigenvalue weighted by Gasteiger charge is -2.19. The average molecular weight is 158 g/mol. The van der Waals surface area contributed by atoms with E-state index >= 15 is 0 Å². The molecule has 0 unspecified atom stereocenters. The van der Waals surface area contributed by atoms with Gasteiger partial charge in [-0.3, -0.25) is 0 Å². The van der Waals surface area contributed by atoms with Crippen LogP contribution in [0.1, 0.15) is 27.2 Å². The maximum atomic E-state index is 10.9. The quantitative estimate of drug-likeness (QED) is 0.664. The third-order valence-corrected chi connectivity index (χ3v) is 0.845. The van der Waals surface area contributed by atoms with E-state index in [2.05, 4.69) is 12.2 Å². The molecule has 1 N–H and O–H groups in total. The van der Waals surface area contributed by atoms with Crippen molar-refractivity contribution in [3.05, 3.63) is 6.92 Å². The summed E-state index contributed by atoms with van der Waals surface area (Å²) in [6, 6.07) is 0. The Kier molecular flexibility index (Phi) is 3.93. The zero-order chi connectivity index (χ0) is 8.91. The van der Waals surface area contributed by atoms with Crippen LogP contribution in [0.15, 0.2) is 0 Å². The molecule has 0 fully saturated rings. The molecule has 0 saturated heterocycles. The normalized spacial score (nSPS) is 10.9. The number of ether oxygens (including phenoxy) is 1. The highest BCUT2D eigenvalue weighted by molar-refractivity contribution is 5.67. The molecular weight excluding hydrogens is 142 g/mol. The minimum atomic E-state index is -0.411. The van der Waals surface area contributed by atoms with Crippen LogP contribution in [0.4, 0.5) is 4.79 Å². The highest BCUT2D eigenvalue weighted by Crippen LogP contribution is 2.05. The minimum absolute atomic E-state index is 0.374. The van der Waals surface area contributed by atoms with E-state index in [4.69, 9.17) is 4.74 Å². The molecule has 0 spiro atoms. The molecule has 0 atom stereocenters. The molecule has 0 aliphatic heterocycles. The summed E-state index contributed by atoms with van der Waals surface area (Å²) >= 11 is 0. The molecule has 0 aliphatic carbocycles. The van der Waals surface area contributed by atoms with Crippen LogP contribution in [0.2, 0.25) is 0 Å². The van der Waals surface area contributed by atoms with Gasteiger partial charge in [0.15, 0.2) is 0 Å². The molecular formula is C8H16NO2. The van der Waals surface area contributed by atoms with Gasteiger partial charge in [-0.2, -0.15) is 0 Å². The minimum Gasteiger partial charge on any atom is -0.444 e. The third kappa shape index (κ3) is 7.16. The number of amides is 1. The Morgan fingerprint density at radius 1 is 1.55 bits per heavy atom. The van der Waals surface area contributed by atoms with E-state index in [1.54, 1.807) is 0 Å². The second-order valence-electron chi connectivity index (χ2n) is 3.28. The van der Waals surface area contributed by atoms with Gasteiger partial charge in [0.1, 0.15) is 5.60 Å². The summed E-state index contributed by atoms with van der Waals surface area (Å²) in [5.41, 5.74) is -0.411. The predicted molar refractivity (Wildman–Crippen MR) is 44.2 cm³/mol. The number of nitrogens with one attached hydrogen (secondary N) is 1. The molecule has 1 amide bonds. The molecule has 0 aromatic heterocycles. The molecule has 1 radical (unpaired) electrons. The number of hydrogen-bond acceptors (Lipinski definition) is 2. The summed E-state index contributed by atoms with van der Waals surface area (Å²) in [7, 11) is 0. The van der Waals surface area contributed by atoms with Crippen molar-refractivity contribution in [1.29, 1.82) is 0 Å². The lowest BCUT2D eigenvalue weighted by atomic mass is 10.2. The second kappa shape index (κ2) is 4.21. The van der Waals surface area contributed by atoms with Crippen LogP contribution < -0.4 is 5.32 Å². The molecule has 0 heterocycles. The van der Waals surface area contributed by atoms with Crippen molar-refractivity contribution < 1.29 is 9.53 Å². The van der Waals surface area contributed by atoms with Gasteiger partial charge in [-0.1, -0.05) is 6.92 Å². The van der Waals surface area contributed by atoms with Gasteiger partial charge in [0, 0.05) is 6.54 Å². The lowest BCUT2D eigenvalue weighted by molar-refractivity contribution is 0.0529. The van der Waals surface area contributed by atoms with Gasteiger partial charge >= 0.3 is 6.09 Å². The van der Waals surface area contributed by atoms with Gasteiger partial charge < -0.3 is 10.1 Å². The predicted octanol–water partition coefficient (Wildman–Crippen LogP) is 1.74. The fraction of sp³-hybridized carbons (Fsp3) is 0.750. The SMILES string of the molecule is [CH2]CCNC(=O)OC(C)(C)C. The van der Waals surface area contributed by atoms with Gasteiger partial charge in [0.25, 0.3) is 0 Å². The van der Waals surface area contributed by atoms with Gasteiger partial charge in [-0.15, -0.1) is 0 Å². The molecule has 0 aromatic rings. The Bertz CT molecular complexity index is 127. The van der Waals surface area contributed by atoms with Crippen LogP contribution in [0.5, 0.6) is 0 Å². The Morgan fingerprint density at radius 3 is 2.45 bits per heavy atom. The molecule has 3 heteroatoms. The lowest BCUT2D eigenvalue weighted by Crippen LogP contribution is -2.32. The molecule has 0 aliphatic rings. The van der Waals surface area contributed by atoms with Gasteiger partial charge in [0.2, 0.25) is 0 Å². The zero-order valence-electron chi connectivity index (χ0n) is 7.44. The molecule has 0 saturated carbocycles. The van der Waals surface area contributed by atoms with Gasteiger partial charge in [0.05, 0.1) is 0 Å². The van der Waals surface area contributed by atoms with E-state index in [0.717, 1.165) is 0 Å². The van der Waals surface area contributed by atoms with E-state index in [1.165, 1.54) is 0 Å². The van der Waals surface area contributed by atoms with E-state index in [1.807, 2.05) is 20.8 Å². The highest BCUT2D eigenvalue weighted by Gasteiger charge is 2.14. The maximum Gasteiger partial charge on any atom is 0.407 e. The van der Waals surface area contributed by atoms with Gasteiger partial charge in [-0.05, 0) is 27.2 Å². The molecule has 3 nitrogen and oxygen atoms in total. The van der Waals surface area contributed by atoms with E-state index in [9.17, 15) is 4.79 Å². The first-order valence-corrected chi connectivity index (χ1v) is 3.72. The second-order valence-corrected chi connectivity index (χ2v) is 3.28. The smallest absolute Gasteiger partial charge is 0.407 e. The molecule has 11 heavy (non-hydrogen) atoms. The van der Waals surface area contributed by atoms with Gasteiger partial charge in [-0.25, -0.2) is 4.79 Å². The summed E-state index contributed by atoms with van der Waals surface area (Å²) in [6.07, 6.45) is 0.306. The fourth-order valence-corrected chi connectivity index (χ4v) is 0.505. The van der Waals surface area contributed by atoms with Crippen LogP contribution in [-0.2, 0) is 4.74 Å². The topological polar surface area (TPSA) is 38.3 Å². The third-order valence-electron chi connectivity index (χ3n) is 0.845. The summed E-state index contributed by atoms with van der Waals surface area (Å²) in [6.45, 7) is 9.64. The van der Waals surface area contributed by atoms with E-state index < -0.39 is 5.60 Å². The van der Waals surface area contributed by atoms with Crippen molar-refractivity contribution in [2.24, 2.45) is 0 Å². The molecule has 0 bridgehead atoms. The van der Waals surface area contributed by atoms with Crippen molar-refractivity contribution in [2.75, 3.05) is 6.54 Å². The summed E-state index contributed by atoms with van der Waals surface area (Å²) in [4.78, 5) is 10.9. The molecule has 0 aromatic carbocycles. The summed E-state index contributed by atoms with van der Waals surface area (Å²) in [5.74, 6) is 0. The summed E-state index contributed by atoms with van der Waals surface area (Å²) < 4.78 is 4.96. The van der Waals surface area contributed by atoms with Crippen molar-refractivity contribution in [2.45, 2.75) is 32.8 Å². The van der Waals surface area contributed by atoms with Crippen LogP contribution in [0, 0.1) is 6.92 Å². The van der Waals surface area contributed by atoms with E-state index in [0.29, 0.717) is 13.0 Å². The Morgan fingerprint density at radius 2 is 2.09 bits per heavy atom. The monoisotopic (exact) mass is 158 g/mol. The molecule has 65 valence electrons. The largest absolute Gasteiger partial charge is 0.444 e. The Labute approximate surface area is 68.1 Å². The number of carbonyl (C=O) groups is 1. The van der Waals surface area contributed by atoms with Crippen LogP contribution in [-0.4, -0.2) is 18.2 Å². The van der Waals surface area contributed by atoms with Crippen molar-refractivity contribution in [3.63, 3.8) is 0 Å². The first-order chi connectivity index (χ1) is 4.95. The Balaban J connectivity index is 3.53. The number of carbonyl (C=O) groups excluding carboxylic acids is 1. The standard InChI is InChI=1S/C8H16NO2/c1-5-6-9-7(10)11-8(2,3)4/h1,5-6H2,2-4H3,(H,9,10). The zero-order valence-corrected chi connectivity index (χ0v) is 7.44. The average Bonchev–Trinajstić information content (AvgIpc) is 1.79. The fourth-order valence-electron chi connectivity index (χ4n) is 0.505. The highest BCUT2D eigenvalue weighted by atomic mass is 16.6. The van der Waals surface area contributed by atoms with Crippen molar-refractivity contribution in [3.8, 4) is 0 Å². The van der Waals surface area contributed by atoms with E-state index in [-0.39, 0.29) is 6.09 Å². The number of rotatable bonds is 2. The van der Waals surface area contributed by atoms with Crippen LogP contribution in [0.25, 0.3) is 0 Å². The van der Waals surface area contributed by atoms with Crippen LogP contribution in [0.3, 0.4) is 0 Å². The van der Waals surface area contributed by atoms with Crippen molar-refractivity contribution in [1.82, 2.24) is 5.32 Å². The summed E-state index contributed by atoms with van der Waals surface area (Å²) in [5, 5.41) is 2.57. The first-order valence-electron chi connectivity index (χ1n) is 3.72. The van der Waals surface area contributed by atoms with Crippen molar-refractivity contribution >= 4 is 6.09 Å². The first kappa shape index (κ1) is 10.3. The number of alkyl carbamates (subject to hydrolysis) is 1. The van der Waals surface area contributed by atoms with Crippen LogP contribution >= 0.6 is 0 Å². The maximum absolute atomic E-state index is 10.9. The molecule has 0 rings (SSSR count).